The number of rotatable bonds is 9. The molecule has 1 N–H and O–H groups in total. The van der Waals surface area contributed by atoms with Crippen LogP contribution in [0.1, 0.15) is 94.9 Å². The van der Waals surface area contributed by atoms with Gasteiger partial charge in [-0.3, -0.25) is 14.4 Å². The summed E-state index contributed by atoms with van der Waals surface area (Å²) in [6, 6.07) is 7.66. The van der Waals surface area contributed by atoms with E-state index in [2.05, 4.69) is 10.2 Å². The van der Waals surface area contributed by atoms with Gasteiger partial charge in [-0.05, 0) is 87.4 Å². The molecule has 13 heteroatoms. The first-order valence-corrected chi connectivity index (χ1v) is 19.1. The lowest BCUT2D eigenvalue weighted by Gasteiger charge is -2.39. The van der Waals surface area contributed by atoms with Crippen molar-refractivity contribution in [1.82, 2.24) is 24.7 Å². The van der Waals surface area contributed by atoms with E-state index in [9.17, 15) is 24.0 Å². The van der Waals surface area contributed by atoms with Gasteiger partial charge in [-0.2, -0.15) is 0 Å². The topological polar surface area (TPSA) is 149 Å². The molecule has 0 radical (unpaired) electrons. The van der Waals surface area contributed by atoms with E-state index in [-0.39, 0.29) is 60.6 Å². The minimum atomic E-state index is -1.86. The number of aryl methyl sites for hydroxylation is 1. The van der Waals surface area contributed by atoms with Crippen LogP contribution in [0.2, 0.25) is 0 Å². The highest BCUT2D eigenvalue weighted by Crippen LogP contribution is 2.42. The second-order valence-electron chi connectivity index (χ2n) is 15.1. The van der Waals surface area contributed by atoms with E-state index in [0.717, 1.165) is 42.4 Å². The number of aromatic nitrogens is 2. The van der Waals surface area contributed by atoms with Crippen LogP contribution in [0.4, 0.5) is 4.79 Å². The molecular formula is C40H49N5O8. The van der Waals surface area contributed by atoms with Crippen molar-refractivity contribution in [2.75, 3.05) is 32.7 Å². The summed E-state index contributed by atoms with van der Waals surface area (Å²) in [6.45, 7) is 10.7. The van der Waals surface area contributed by atoms with Gasteiger partial charge in [-0.25, -0.2) is 14.6 Å². The Morgan fingerprint density at radius 1 is 1.02 bits per heavy atom. The predicted molar refractivity (Wildman–Crippen MR) is 196 cm³/mol. The number of piperidine rings is 2. The molecule has 3 aromatic rings. The normalized spacial score (nSPS) is 20.1. The Morgan fingerprint density at radius 2 is 1.77 bits per heavy atom. The molecule has 1 atom stereocenters. The van der Waals surface area contributed by atoms with Crippen LogP contribution in [0.15, 0.2) is 29.1 Å². The number of carbonyl (C=O) groups excluding carboxylic acids is 4. The molecule has 2 fully saturated rings. The van der Waals surface area contributed by atoms with Gasteiger partial charge in [0.25, 0.3) is 5.56 Å². The van der Waals surface area contributed by atoms with E-state index < -0.39 is 24.1 Å². The van der Waals surface area contributed by atoms with Gasteiger partial charge < -0.3 is 33.9 Å². The third kappa shape index (κ3) is 6.91. The summed E-state index contributed by atoms with van der Waals surface area (Å²) < 4.78 is 18.8. The summed E-state index contributed by atoms with van der Waals surface area (Å²) in [4.78, 5) is 75.4. The molecule has 2 saturated heterocycles. The monoisotopic (exact) mass is 727 g/mol. The average molecular weight is 728 g/mol. The summed E-state index contributed by atoms with van der Waals surface area (Å²) in [5.41, 5.74) is 1.91. The van der Waals surface area contributed by atoms with E-state index in [1.54, 1.807) is 28.5 Å². The molecule has 0 saturated carbocycles. The predicted octanol–water partition coefficient (Wildman–Crippen LogP) is 4.80. The highest BCUT2D eigenvalue weighted by atomic mass is 16.6. The Balaban J connectivity index is 1.15. The van der Waals surface area contributed by atoms with Gasteiger partial charge in [0.1, 0.15) is 18.9 Å². The maximum Gasteiger partial charge on any atom is 0.415 e. The number of nitrogens with one attached hydrogen (secondary N) is 1. The van der Waals surface area contributed by atoms with Gasteiger partial charge in [-0.1, -0.05) is 34.1 Å². The molecule has 282 valence electrons. The molecular weight excluding hydrogens is 678 g/mol. The Morgan fingerprint density at radius 3 is 2.47 bits per heavy atom. The minimum Gasteiger partial charge on any atom is -0.457 e. The third-order valence-corrected chi connectivity index (χ3v) is 11.2. The zero-order valence-electron chi connectivity index (χ0n) is 31.1. The highest BCUT2D eigenvalue weighted by Gasteiger charge is 2.50. The molecule has 4 aliphatic rings. The molecule has 1 unspecified atom stereocenters. The van der Waals surface area contributed by atoms with Crippen LogP contribution < -0.4 is 15.6 Å². The van der Waals surface area contributed by atoms with Crippen LogP contribution in [0.3, 0.4) is 0 Å². The largest absolute Gasteiger partial charge is 0.457 e. The first kappa shape index (κ1) is 36.6. The summed E-state index contributed by atoms with van der Waals surface area (Å²) in [5, 5.41) is 3.38. The molecule has 13 nitrogen and oxygen atoms in total. The van der Waals surface area contributed by atoms with Crippen LogP contribution in [-0.2, 0) is 49.0 Å². The number of hydrogen-bond acceptors (Lipinski definition) is 10. The molecule has 1 aromatic carbocycles. The van der Waals surface area contributed by atoms with Crippen LogP contribution in [0.25, 0.3) is 22.3 Å². The smallest absolute Gasteiger partial charge is 0.415 e. The van der Waals surface area contributed by atoms with E-state index in [1.165, 1.54) is 19.3 Å². The van der Waals surface area contributed by atoms with Crippen molar-refractivity contribution in [3.63, 3.8) is 0 Å². The Labute approximate surface area is 309 Å². The fourth-order valence-electron chi connectivity index (χ4n) is 8.47. The number of nitrogens with zero attached hydrogens (tertiary/aromatic N) is 4. The molecule has 0 bridgehead atoms. The van der Waals surface area contributed by atoms with Crippen molar-refractivity contribution in [1.29, 1.82) is 0 Å². The average Bonchev–Trinajstić information content (AvgIpc) is 3.52. The summed E-state index contributed by atoms with van der Waals surface area (Å²) >= 11 is 0. The van der Waals surface area contributed by atoms with Crippen molar-refractivity contribution in [3.8, 4) is 17.1 Å². The van der Waals surface area contributed by atoms with Crippen molar-refractivity contribution >= 4 is 34.8 Å². The van der Waals surface area contributed by atoms with Crippen LogP contribution in [0, 0.1) is 5.92 Å². The Hall–Kier alpha value is -4.78. The van der Waals surface area contributed by atoms with E-state index in [0.29, 0.717) is 48.2 Å². The van der Waals surface area contributed by atoms with Crippen LogP contribution >= 0.6 is 0 Å². The number of cyclic esters (lactones) is 1. The van der Waals surface area contributed by atoms with Crippen molar-refractivity contribution < 1.29 is 33.4 Å². The summed E-state index contributed by atoms with van der Waals surface area (Å²) in [5.74, 6) is -1.35. The number of carbonyl (C=O) groups is 4. The highest BCUT2D eigenvalue weighted by molar-refractivity contribution is 5.91. The van der Waals surface area contributed by atoms with E-state index >= 15 is 0 Å². The van der Waals surface area contributed by atoms with Crippen LogP contribution in [-0.4, -0.2) is 82.1 Å². The number of fused-ring (bicyclic) bond motifs is 5. The molecule has 4 aliphatic heterocycles. The van der Waals surface area contributed by atoms with Crippen LogP contribution in [0.5, 0.6) is 5.75 Å². The van der Waals surface area contributed by atoms with Gasteiger partial charge >= 0.3 is 18.0 Å². The summed E-state index contributed by atoms with van der Waals surface area (Å²) in [6.07, 6.45) is 6.24. The molecule has 2 aromatic heterocycles. The van der Waals surface area contributed by atoms with Gasteiger partial charge in [0, 0.05) is 42.1 Å². The molecule has 0 aliphatic carbocycles. The number of esters is 2. The maximum atomic E-state index is 14.1. The lowest BCUT2D eigenvalue weighted by atomic mass is 9.85. The van der Waals surface area contributed by atoms with Crippen molar-refractivity contribution in [2.45, 2.75) is 104 Å². The SMILES string of the molecule is CCc1c2c(nc3ccc(OC(=O)N4CCC(N5CCCCC5)CC4)cc13)-c1cc3c(c(=O)n1C2)COC(=O)C3(CC)OC(=O)CNC(=O)CC(C)C. The lowest BCUT2D eigenvalue weighted by Crippen LogP contribution is -2.48. The summed E-state index contributed by atoms with van der Waals surface area (Å²) in [7, 11) is 0. The van der Waals surface area contributed by atoms with Crippen molar-refractivity contribution in [2.24, 2.45) is 5.92 Å². The number of pyridine rings is 2. The molecule has 2 amide bonds. The maximum absolute atomic E-state index is 14.1. The second kappa shape index (κ2) is 14.9. The lowest BCUT2D eigenvalue weighted by molar-refractivity contribution is -0.189. The molecule has 0 spiro atoms. The second-order valence-corrected chi connectivity index (χ2v) is 15.1. The fourth-order valence-corrected chi connectivity index (χ4v) is 8.47. The van der Waals surface area contributed by atoms with E-state index in [1.807, 2.05) is 32.9 Å². The van der Waals surface area contributed by atoms with Gasteiger partial charge in [0.2, 0.25) is 11.5 Å². The molecule has 7 rings (SSSR count). The van der Waals surface area contributed by atoms with Gasteiger partial charge in [0.15, 0.2) is 0 Å². The number of likely N-dealkylation sites (tertiary alicyclic amines) is 2. The third-order valence-electron chi connectivity index (χ3n) is 11.2. The first-order valence-electron chi connectivity index (χ1n) is 19.1. The van der Waals surface area contributed by atoms with Gasteiger partial charge in [0.05, 0.1) is 29.0 Å². The minimum absolute atomic E-state index is 0.0174. The molecule has 53 heavy (non-hydrogen) atoms. The quantitative estimate of drug-likeness (QED) is 0.238. The zero-order valence-corrected chi connectivity index (χ0v) is 31.1. The number of benzene rings is 1. The number of amides is 2. The number of hydrogen-bond donors (Lipinski definition) is 1. The first-order chi connectivity index (χ1) is 25.5. The van der Waals surface area contributed by atoms with Crippen molar-refractivity contribution in [3.05, 3.63) is 56.9 Å². The van der Waals surface area contributed by atoms with Gasteiger partial charge in [-0.15, -0.1) is 0 Å². The fraction of sp³-hybridized carbons (Fsp3) is 0.550. The standard InChI is InChI=1S/C40H49N5O8/c1-5-27-28-19-26(52-39(50)44-16-12-25(13-17-44)43-14-8-7-9-15-43)10-11-32(28)42-36-29(27)22-45-33(36)20-31-30(37(45)48)23-51-38(49)40(31,6-2)53-35(47)21-41-34(46)18-24(3)4/h10-11,19-20,24-25H,5-9,12-18,21-23H2,1-4H3,(H,41,46). The zero-order chi connectivity index (χ0) is 37.4. The molecule has 6 heterocycles. The Kier molecular flexibility index (Phi) is 10.3. The van der Waals surface area contributed by atoms with E-state index in [4.69, 9.17) is 19.2 Å². The number of ether oxygens (including phenoxy) is 3. The Bertz CT molecular complexity index is 2010.